The molecule has 4 aromatic heterocycles. The first kappa shape index (κ1) is 28.7. The molecule has 5 nitrogen and oxygen atoms in total. The van der Waals surface area contributed by atoms with Crippen molar-refractivity contribution in [2.45, 2.75) is 0 Å². The lowest BCUT2D eigenvalue weighted by Gasteiger charge is -2.13. The molecule has 0 saturated carbocycles. The molecule has 52 heavy (non-hydrogen) atoms. The summed E-state index contributed by atoms with van der Waals surface area (Å²) in [7, 11) is 0. The molecule has 0 aliphatic rings. The van der Waals surface area contributed by atoms with E-state index in [1.54, 1.807) is 6.20 Å². The summed E-state index contributed by atoms with van der Waals surface area (Å²) in [5, 5.41) is 8.18. The van der Waals surface area contributed by atoms with Gasteiger partial charge in [-0.25, -0.2) is 9.97 Å². The maximum absolute atomic E-state index is 5.29. The van der Waals surface area contributed by atoms with Crippen LogP contribution >= 0.6 is 0 Å². The molecular formula is C47H29N5. The molecule has 0 unspecified atom stereocenters. The SMILES string of the molecule is c1ccc(-c2nc(-n3c4ccccc4c4ccc(-c5cc6c(c7ccccc57)c5ccccc5n6-c5ccccc5)cc43)nc3ncccc23)cc1. The van der Waals surface area contributed by atoms with Gasteiger partial charge in [-0.05, 0) is 70.4 Å². The molecule has 0 fully saturated rings. The summed E-state index contributed by atoms with van der Waals surface area (Å²) >= 11 is 0. The first-order valence-electron chi connectivity index (χ1n) is 17.5. The number of pyridine rings is 1. The molecule has 0 atom stereocenters. The maximum atomic E-state index is 5.29. The van der Waals surface area contributed by atoms with Gasteiger partial charge in [0.2, 0.25) is 5.95 Å². The van der Waals surface area contributed by atoms with Crippen molar-refractivity contribution in [3.63, 3.8) is 0 Å². The Kier molecular flexibility index (Phi) is 6.18. The summed E-state index contributed by atoms with van der Waals surface area (Å²) in [6.45, 7) is 0. The first-order valence-corrected chi connectivity index (χ1v) is 17.5. The molecule has 0 saturated heterocycles. The van der Waals surface area contributed by atoms with Crippen LogP contribution in [0.2, 0.25) is 0 Å². The second kappa shape index (κ2) is 11.2. The van der Waals surface area contributed by atoms with Gasteiger partial charge in [0.15, 0.2) is 5.65 Å². The Labute approximate surface area is 298 Å². The number of fused-ring (bicyclic) bond motifs is 9. The summed E-state index contributed by atoms with van der Waals surface area (Å²) in [6, 6.07) is 60.3. The standard InChI is InChI=1S/C47H29N5/c1-3-14-30(15-4-1)45-38-22-13-27-48-46(38)50-47(49-45)52-40-23-11-9-19-34(40)35-26-25-31(28-42(35)52)39-29-43-44(36-20-8-7-18-33(36)39)37-21-10-12-24-41(37)51(43)32-16-5-2-6-17-32/h1-29H. The second-order valence-corrected chi connectivity index (χ2v) is 13.2. The van der Waals surface area contributed by atoms with Crippen LogP contribution in [-0.4, -0.2) is 24.1 Å². The van der Waals surface area contributed by atoms with Crippen LogP contribution in [-0.2, 0) is 0 Å². The molecule has 11 rings (SSSR count). The predicted octanol–water partition coefficient (Wildman–Crippen LogP) is 11.7. The molecule has 242 valence electrons. The Morgan fingerprint density at radius 1 is 0.385 bits per heavy atom. The molecule has 7 aromatic carbocycles. The zero-order valence-electron chi connectivity index (χ0n) is 28.0. The highest BCUT2D eigenvalue weighted by molar-refractivity contribution is 6.24. The molecule has 0 radical (unpaired) electrons. The number of para-hydroxylation sites is 3. The number of nitrogens with zero attached hydrogens (tertiary/aromatic N) is 5. The molecule has 11 aromatic rings. The van der Waals surface area contributed by atoms with Gasteiger partial charge in [-0.15, -0.1) is 0 Å². The number of hydrogen-bond donors (Lipinski definition) is 0. The number of rotatable bonds is 4. The van der Waals surface area contributed by atoms with E-state index in [0.29, 0.717) is 11.6 Å². The Hall–Kier alpha value is -7.11. The van der Waals surface area contributed by atoms with Gasteiger partial charge in [0.1, 0.15) is 0 Å². The van der Waals surface area contributed by atoms with Crippen molar-refractivity contribution in [2.24, 2.45) is 0 Å². The molecule has 0 amide bonds. The van der Waals surface area contributed by atoms with Crippen LogP contribution in [0.25, 0.3) is 99.4 Å². The molecule has 0 aliphatic carbocycles. The van der Waals surface area contributed by atoms with Gasteiger partial charge in [-0.2, -0.15) is 4.98 Å². The fourth-order valence-electron chi connectivity index (χ4n) is 8.14. The summed E-state index contributed by atoms with van der Waals surface area (Å²) in [5.74, 6) is 0.595. The smallest absolute Gasteiger partial charge is 0.237 e. The highest BCUT2D eigenvalue weighted by Gasteiger charge is 2.21. The lowest BCUT2D eigenvalue weighted by atomic mass is 9.94. The van der Waals surface area contributed by atoms with E-state index >= 15 is 0 Å². The minimum Gasteiger partial charge on any atom is -0.309 e. The van der Waals surface area contributed by atoms with E-state index in [4.69, 9.17) is 15.0 Å². The Balaban J connectivity index is 1.23. The van der Waals surface area contributed by atoms with E-state index in [1.165, 1.54) is 38.1 Å². The fourth-order valence-corrected chi connectivity index (χ4v) is 8.14. The minimum atomic E-state index is 0.595. The Morgan fingerprint density at radius 3 is 1.83 bits per heavy atom. The van der Waals surface area contributed by atoms with E-state index in [1.807, 2.05) is 24.3 Å². The third kappa shape index (κ3) is 4.20. The van der Waals surface area contributed by atoms with Crippen molar-refractivity contribution >= 4 is 65.4 Å². The zero-order valence-corrected chi connectivity index (χ0v) is 28.0. The summed E-state index contributed by atoms with van der Waals surface area (Å²) < 4.78 is 4.60. The lowest BCUT2D eigenvalue weighted by molar-refractivity contribution is 1.00. The van der Waals surface area contributed by atoms with Gasteiger partial charge in [-0.1, -0.05) is 121 Å². The quantitative estimate of drug-likeness (QED) is 0.188. The number of aromatic nitrogens is 5. The minimum absolute atomic E-state index is 0.595. The molecule has 5 heteroatoms. The monoisotopic (exact) mass is 663 g/mol. The van der Waals surface area contributed by atoms with Crippen molar-refractivity contribution in [2.75, 3.05) is 0 Å². The third-order valence-electron chi connectivity index (χ3n) is 10.4. The molecular weight excluding hydrogens is 635 g/mol. The van der Waals surface area contributed by atoms with Crippen LogP contribution in [0, 0.1) is 0 Å². The van der Waals surface area contributed by atoms with Crippen molar-refractivity contribution in [1.29, 1.82) is 0 Å². The van der Waals surface area contributed by atoms with Crippen molar-refractivity contribution in [3.8, 4) is 34.0 Å². The van der Waals surface area contributed by atoms with Crippen LogP contribution in [0.5, 0.6) is 0 Å². The second-order valence-electron chi connectivity index (χ2n) is 13.2. The van der Waals surface area contributed by atoms with Crippen LogP contribution in [0.3, 0.4) is 0 Å². The number of hydrogen-bond acceptors (Lipinski definition) is 3. The average molecular weight is 664 g/mol. The van der Waals surface area contributed by atoms with Crippen molar-refractivity contribution < 1.29 is 0 Å². The Bertz CT molecular complexity index is 3180. The Morgan fingerprint density at radius 2 is 1.02 bits per heavy atom. The zero-order chi connectivity index (χ0) is 34.2. The van der Waals surface area contributed by atoms with E-state index in [-0.39, 0.29) is 0 Å². The van der Waals surface area contributed by atoms with Crippen LogP contribution < -0.4 is 0 Å². The van der Waals surface area contributed by atoms with Crippen LogP contribution in [0.4, 0.5) is 0 Å². The van der Waals surface area contributed by atoms with E-state index in [2.05, 4.69) is 155 Å². The van der Waals surface area contributed by atoms with E-state index in [0.717, 1.165) is 49.7 Å². The highest BCUT2D eigenvalue weighted by atomic mass is 15.2. The van der Waals surface area contributed by atoms with Crippen molar-refractivity contribution in [3.05, 3.63) is 176 Å². The first-order chi connectivity index (χ1) is 25.8. The third-order valence-corrected chi connectivity index (χ3v) is 10.4. The normalized spacial score (nSPS) is 11.8. The molecule has 0 bridgehead atoms. The van der Waals surface area contributed by atoms with Crippen molar-refractivity contribution in [1.82, 2.24) is 24.1 Å². The lowest BCUT2D eigenvalue weighted by Crippen LogP contribution is -2.04. The van der Waals surface area contributed by atoms with Gasteiger partial charge in [0.25, 0.3) is 0 Å². The molecule has 0 N–H and O–H groups in total. The molecule has 0 spiro atoms. The summed E-state index contributed by atoms with van der Waals surface area (Å²) in [6.07, 6.45) is 1.80. The largest absolute Gasteiger partial charge is 0.309 e. The van der Waals surface area contributed by atoms with Gasteiger partial charge >= 0.3 is 0 Å². The van der Waals surface area contributed by atoms with E-state index < -0.39 is 0 Å². The fraction of sp³-hybridized carbons (Fsp3) is 0. The van der Waals surface area contributed by atoms with Crippen LogP contribution in [0.15, 0.2) is 176 Å². The van der Waals surface area contributed by atoms with E-state index in [9.17, 15) is 0 Å². The van der Waals surface area contributed by atoms with Gasteiger partial charge < -0.3 is 4.57 Å². The topological polar surface area (TPSA) is 48.5 Å². The number of benzene rings is 7. The predicted molar refractivity (Wildman–Crippen MR) is 214 cm³/mol. The maximum Gasteiger partial charge on any atom is 0.237 e. The molecule has 4 heterocycles. The van der Waals surface area contributed by atoms with Gasteiger partial charge in [0.05, 0.1) is 27.8 Å². The van der Waals surface area contributed by atoms with Crippen LogP contribution in [0.1, 0.15) is 0 Å². The average Bonchev–Trinajstić information content (AvgIpc) is 3.73. The highest BCUT2D eigenvalue weighted by Crippen LogP contribution is 2.43. The van der Waals surface area contributed by atoms with Gasteiger partial charge in [-0.3, -0.25) is 4.57 Å². The van der Waals surface area contributed by atoms with Gasteiger partial charge in [0, 0.05) is 44.4 Å². The molecule has 0 aliphatic heterocycles. The summed E-state index contributed by atoms with van der Waals surface area (Å²) in [5.41, 5.74) is 10.5. The summed E-state index contributed by atoms with van der Waals surface area (Å²) in [4.78, 5) is 15.1.